The third-order valence-electron chi connectivity index (χ3n) is 6.26. The zero-order chi connectivity index (χ0) is 29.1. The van der Waals surface area contributed by atoms with Crippen LogP contribution >= 0.6 is 34.5 Å². The minimum atomic E-state index is -4.27. The monoisotopic (exact) mass is 627 g/mol. The lowest BCUT2D eigenvalue weighted by Gasteiger charge is -2.33. The minimum Gasteiger partial charge on any atom is -0.444 e. The third kappa shape index (κ3) is 7.99. The average Bonchev–Trinajstić information content (AvgIpc) is 3.24. The Bertz CT molecular complexity index is 1480. The number of ether oxygens (including phenoxy) is 1. The van der Waals surface area contributed by atoms with Crippen LogP contribution in [0.2, 0.25) is 10.0 Å². The van der Waals surface area contributed by atoms with Crippen molar-refractivity contribution in [3.8, 4) is 5.75 Å². The molecule has 0 spiro atoms. The molecule has 4 rings (SSSR count). The first-order valence-electron chi connectivity index (χ1n) is 12.9. The molecule has 1 aliphatic heterocycles. The summed E-state index contributed by atoms with van der Waals surface area (Å²) in [5.41, 5.74) is 0.0883. The second kappa shape index (κ2) is 12.5. The number of aromatic nitrogens is 1. The molecule has 13 heteroatoms. The molecular formula is C27H31Cl2N3O6S2. The molecule has 2 aromatic carbocycles. The van der Waals surface area contributed by atoms with Crippen molar-refractivity contribution in [3.63, 3.8) is 0 Å². The number of thiazole rings is 1. The Labute approximate surface area is 247 Å². The van der Waals surface area contributed by atoms with E-state index in [0.717, 1.165) is 25.7 Å². The van der Waals surface area contributed by atoms with Gasteiger partial charge in [0.05, 0.1) is 20.3 Å². The summed E-state index contributed by atoms with van der Waals surface area (Å²) in [5, 5.41) is 3.16. The number of fused-ring (bicyclic) bond motifs is 1. The number of benzene rings is 2. The van der Waals surface area contributed by atoms with Crippen LogP contribution in [0.3, 0.4) is 0 Å². The van der Waals surface area contributed by atoms with E-state index in [1.807, 2.05) is 20.8 Å². The number of piperidine rings is 1. The van der Waals surface area contributed by atoms with Crippen molar-refractivity contribution in [2.45, 2.75) is 63.4 Å². The smallest absolute Gasteiger partial charge is 0.410 e. The topological polar surface area (TPSA) is 115 Å². The van der Waals surface area contributed by atoms with Gasteiger partial charge in [0.15, 0.2) is 5.13 Å². The maximum absolute atomic E-state index is 12.8. The molecule has 0 bridgehead atoms. The normalized spacial score (nSPS) is 14.8. The number of halogens is 2. The van der Waals surface area contributed by atoms with Crippen LogP contribution in [0.5, 0.6) is 5.75 Å². The molecule has 1 aromatic heterocycles. The Hall–Kier alpha value is -2.60. The lowest BCUT2D eigenvalue weighted by molar-refractivity contribution is -0.116. The Balaban J connectivity index is 1.26. The zero-order valence-electron chi connectivity index (χ0n) is 22.4. The molecule has 0 unspecified atom stereocenters. The van der Waals surface area contributed by atoms with Crippen molar-refractivity contribution in [1.29, 1.82) is 0 Å². The van der Waals surface area contributed by atoms with E-state index in [4.69, 9.17) is 32.1 Å². The van der Waals surface area contributed by atoms with Gasteiger partial charge in [-0.25, -0.2) is 9.78 Å². The molecule has 1 N–H and O–H groups in total. The van der Waals surface area contributed by atoms with Gasteiger partial charge in [0.2, 0.25) is 5.91 Å². The maximum atomic E-state index is 12.8. The number of likely N-dealkylation sites (tertiary alicyclic amines) is 1. The molecule has 3 aromatic rings. The molecule has 2 heterocycles. The molecule has 1 saturated heterocycles. The largest absolute Gasteiger partial charge is 0.444 e. The number of rotatable bonds is 8. The van der Waals surface area contributed by atoms with E-state index in [1.165, 1.54) is 35.6 Å². The van der Waals surface area contributed by atoms with Crippen LogP contribution in [-0.2, 0) is 19.6 Å². The highest BCUT2D eigenvalue weighted by Crippen LogP contribution is 2.34. The number of amides is 2. The predicted molar refractivity (Wildman–Crippen MR) is 157 cm³/mol. The van der Waals surface area contributed by atoms with Crippen LogP contribution in [0.4, 0.5) is 9.93 Å². The van der Waals surface area contributed by atoms with Crippen molar-refractivity contribution in [1.82, 2.24) is 9.88 Å². The number of anilines is 1. The minimum absolute atomic E-state index is 0.0392. The molecule has 2 amide bonds. The Morgan fingerprint density at radius 3 is 2.45 bits per heavy atom. The average molecular weight is 629 g/mol. The summed E-state index contributed by atoms with van der Waals surface area (Å²) in [4.78, 5) is 30.6. The van der Waals surface area contributed by atoms with E-state index in [9.17, 15) is 18.0 Å². The third-order valence-corrected chi connectivity index (χ3v) is 9.40. The van der Waals surface area contributed by atoms with Gasteiger partial charge in [0.1, 0.15) is 16.2 Å². The summed E-state index contributed by atoms with van der Waals surface area (Å²) in [7, 11) is -4.27. The van der Waals surface area contributed by atoms with Crippen LogP contribution in [0.1, 0.15) is 52.9 Å². The predicted octanol–water partition coefficient (Wildman–Crippen LogP) is 7.13. The molecule has 1 aliphatic rings. The molecule has 0 radical (unpaired) electrons. The highest BCUT2D eigenvalue weighted by molar-refractivity contribution is 7.87. The second-order valence-corrected chi connectivity index (χ2v) is 13.9. The van der Waals surface area contributed by atoms with E-state index >= 15 is 0 Å². The maximum Gasteiger partial charge on any atom is 0.410 e. The van der Waals surface area contributed by atoms with Gasteiger partial charge in [0.25, 0.3) is 0 Å². The molecule has 0 saturated carbocycles. The van der Waals surface area contributed by atoms with E-state index in [0.29, 0.717) is 40.8 Å². The van der Waals surface area contributed by atoms with E-state index < -0.39 is 15.7 Å². The van der Waals surface area contributed by atoms with Gasteiger partial charge in [-0.05, 0) is 76.6 Å². The number of nitrogens with one attached hydrogen (secondary N) is 1. The summed E-state index contributed by atoms with van der Waals surface area (Å²) >= 11 is 13.3. The molecular weight excluding hydrogens is 597 g/mol. The van der Waals surface area contributed by atoms with Crippen LogP contribution in [0.25, 0.3) is 10.2 Å². The quantitative estimate of drug-likeness (QED) is 0.264. The molecule has 1 fully saturated rings. The van der Waals surface area contributed by atoms with Gasteiger partial charge >= 0.3 is 16.2 Å². The highest BCUT2D eigenvalue weighted by atomic mass is 35.5. The van der Waals surface area contributed by atoms with E-state index in [1.54, 1.807) is 17.0 Å². The fourth-order valence-electron chi connectivity index (χ4n) is 4.36. The number of hydrogen-bond acceptors (Lipinski definition) is 8. The summed E-state index contributed by atoms with van der Waals surface area (Å²) in [6.45, 7) is 6.90. The molecule has 0 aliphatic carbocycles. The van der Waals surface area contributed by atoms with Crippen molar-refractivity contribution in [2.75, 3.05) is 18.4 Å². The van der Waals surface area contributed by atoms with Crippen LogP contribution in [0, 0.1) is 5.92 Å². The first kappa shape index (κ1) is 30.4. The number of nitrogens with zero attached hydrogens (tertiary/aromatic N) is 2. The number of carbonyl (C=O) groups excluding carboxylic acids is 2. The lowest BCUT2D eigenvalue weighted by Crippen LogP contribution is -2.41. The molecule has 0 atom stereocenters. The van der Waals surface area contributed by atoms with Gasteiger partial charge in [0, 0.05) is 25.6 Å². The van der Waals surface area contributed by atoms with Gasteiger partial charge < -0.3 is 19.1 Å². The fourth-order valence-corrected chi connectivity index (χ4v) is 7.29. The highest BCUT2D eigenvalue weighted by Gasteiger charge is 2.27. The Morgan fingerprint density at radius 2 is 1.80 bits per heavy atom. The summed E-state index contributed by atoms with van der Waals surface area (Å²) in [6, 6.07) is 9.00. The standard InChI is InChI=1S/C27H31Cl2N3O6S2/c1-27(2,3)37-26(34)32-14-12-17(13-15-32)6-4-9-23(33)31-25-30-21-11-10-18(16-22(21)39-25)38-40(35,36)24-19(28)7-5-8-20(24)29/h5,7-8,10-11,16-17H,4,6,9,12-15H2,1-3H3,(H,30,31,33). The number of hydrogen-bond donors (Lipinski definition) is 1. The van der Waals surface area contributed by atoms with Crippen LogP contribution in [-0.4, -0.2) is 49.0 Å². The SMILES string of the molecule is CC(C)(C)OC(=O)N1CCC(CCCC(=O)Nc2nc3ccc(OS(=O)(=O)c4c(Cl)cccc4Cl)cc3s2)CC1. The van der Waals surface area contributed by atoms with Crippen LogP contribution in [0.15, 0.2) is 41.3 Å². The van der Waals surface area contributed by atoms with Crippen LogP contribution < -0.4 is 9.50 Å². The fraction of sp³-hybridized carbons (Fsp3) is 0.444. The molecule has 9 nitrogen and oxygen atoms in total. The van der Waals surface area contributed by atoms with E-state index in [-0.39, 0.29) is 32.7 Å². The van der Waals surface area contributed by atoms with Crippen molar-refractivity contribution < 1.29 is 26.9 Å². The van der Waals surface area contributed by atoms with Crippen molar-refractivity contribution in [2.24, 2.45) is 5.92 Å². The Morgan fingerprint density at radius 1 is 1.12 bits per heavy atom. The van der Waals surface area contributed by atoms with Gasteiger partial charge in [-0.1, -0.05) is 40.6 Å². The summed E-state index contributed by atoms with van der Waals surface area (Å²) < 4.78 is 36.9. The van der Waals surface area contributed by atoms with Crippen molar-refractivity contribution in [3.05, 3.63) is 46.4 Å². The molecule has 216 valence electrons. The van der Waals surface area contributed by atoms with E-state index in [2.05, 4.69) is 10.3 Å². The summed E-state index contributed by atoms with van der Waals surface area (Å²) in [5.74, 6) is 0.393. The zero-order valence-corrected chi connectivity index (χ0v) is 25.6. The molecule has 40 heavy (non-hydrogen) atoms. The number of carbonyl (C=O) groups is 2. The van der Waals surface area contributed by atoms with Crippen molar-refractivity contribution >= 4 is 72.0 Å². The Kier molecular flexibility index (Phi) is 9.49. The van der Waals surface area contributed by atoms with Gasteiger partial charge in [-0.3, -0.25) is 4.79 Å². The first-order chi connectivity index (χ1) is 18.8. The first-order valence-corrected chi connectivity index (χ1v) is 15.9. The second-order valence-electron chi connectivity index (χ2n) is 10.6. The van der Waals surface area contributed by atoms with Gasteiger partial charge in [-0.15, -0.1) is 0 Å². The summed E-state index contributed by atoms with van der Waals surface area (Å²) in [6.07, 6.45) is 3.50. The lowest BCUT2D eigenvalue weighted by atomic mass is 9.91. The van der Waals surface area contributed by atoms with Gasteiger partial charge in [-0.2, -0.15) is 8.42 Å².